The molecule has 0 aromatic heterocycles. The topological polar surface area (TPSA) is 26.8 Å². The number of hydrogen-bond acceptors (Lipinski definition) is 3. The minimum Gasteiger partial charge on any atom is -0.342 e. The molecule has 0 spiro atoms. The molecule has 0 aromatic carbocycles. The van der Waals surface area contributed by atoms with Crippen molar-refractivity contribution in [1.82, 2.24) is 14.7 Å². The van der Waals surface area contributed by atoms with E-state index in [9.17, 15) is 4.79 Å². The molecule has 4 fully saturated rings. The van der Waals surface area contributed by atoms with Crippen LogP contribution in [0.5, 0.6) is 0 Å². The molecule has 2 saturated heterocycles. The number of piperazine rings is 1. The van der Waals surface area contributed by atoms with Crippen LogP contribution < -0.4 is 0 Å². The van der Waals surface area contributed by atoms with Gasteiger partial charge in [-0.25, -0.2) is 0 Å². The van der Waals surface area contributed by atoms with Crippen molar-refractivity contribution in [2.24, 2.45) is 16.7 Å². The first kappa shape index (κ1) is 19.4. The summed E-state index contributed by atoms with van der Waals surface area (Å²) >= 11 is 0. The molecule has 1 amide bonds. The molecule has 4 rings (SSSR count). The maximum absolute atomic E-state index is 13.4. The molecule has 0 atom stereocenters. The zero-order valence-corrected chi connectivity index (χ0v) is 17.6. The van der Waals surface area contributed by atoms with Gasteiger partial charge >= 0.3 is 0 Å². The molecule has 0 N–H and O–H groups in total. The minimum absolute atomic E-state index is 0.0361. The highest BCUT2D eigenvalue weighted by molar-refractivity contribution is 5.84. The number of piperidine rings is 1. The van der Waals surface area contributed by atoms with E-state index in [0.717, 1.165) is 38.3 Å². The van der Waals surface area contributed by atoms with Crippen LogP contribution in [-0.2, 0) is 4.79 Å². The Morgan fingerprint density at radius 2 is 1.56 bits per heavy atom. The first-order valence-electron chi connectivity index (χ1n) is 11.3. The first-order chi connectivity index (χ1) is 12.9. The standard InChI is InChI=1S/C23H39N3O/c1-19(2)22-7-9-23(18-22,10-8-22)21(27)26-12-5-20(6-13-26)4-11-25-16-14-24(3)15-17-25/h20H,1,4-18H2,2-3H3. The van der Waals surface area contributed by atoms with Crippen LogP contribution in [0.2, 0.25) is 0 Å². The Morgan fingerprint density at radius 3 is 2.11 bits per heavy atom. The van der Waals surface area contributed by atoms with Gasteiger partial charge in [-0.3, -0.25) is 4.79 Å². The third-order valence-electron chi connectivity index (χ3n) is 8.55. The van der Waals surface area contributed by atoms with Crippen LogP contribution >= 0.6 is 0 Å². The number of rotatable bonds is 5. The van der Waals surface area contributed by atoms with Crippen molar-refractivity contribution in [2.75, 3.05) is 52.9 Å². The summed E-state index contributed by atoms with van der Waals surface area (Å²) in [5, 5.41) is 0. The summed E-state index contributed by atoms with van der Waals surface area (Å²) < 4.78 is 0. The van der Waals surface area contributed by atoms with E-state index in [1.54, 1.807) is 0 Å². The fourth-order valence-electron chi connectivity index (χ4n) is 6.27. The maximum atomic E-state index is 13.4. The zero-order chi connectivity index (χ0) is 19.1. The van der Waals surface area contributed by atoms with Crippen molar-refractivity contribution in [2.45, 2.75) is 58.3 Å². The average molecular weight is 374 g/mol. The molecule has 4 heteroatoms. The molecule has 2 heterocycles. The number of hydrogen-bond donors (Lipinski definition) is 0. The summed E-state index contributed by atoms with van der Waals surface area (Å²) in [6.07, 6.45) is 9.39. The summed E-state index contributed by atoms with van der Waals surface area (Å²) in [6, 6.07) is 0. The number of likely N-dealkylation sites (N-methyl/N-ethyl adjacent to an activating group) is 1. The predicted molar refractivity (Wildman–Crippen MR) is 111 cm³/mol. The van der Waals surface area contributed by atoms with Crippen molar-refractivity contribution in [3.05, 3.63) is 12.2 Å². The van der Waals surface area contributed by atoms with Crippen molar-refractivity contribution >= 4 is 5.91 Å². The Balaban J connectivity index is 1.24. The van der Waals surface area contributed by atoms with Gasteiger partial charge in [0.1, 0.15) is 0 Å². The molecule has 0 radical (unpaired) electrons. The molecule has 2 aliphatic carbocycles. The molecule has 2 aliphatic heterocycles. The Kier molecular flexibility index (Phi) is 5.41. The van der Waals surface area contributed by atoms with E-state index in [1.807, 2.05) is 0 Å². The molecule has 4 nitrogen and oxygen atoms in total. The fourth-order valence-corrected chi connectivity index (χ4v) is 6.27. The third kappa shape index (κ3) is 3.72. The lowest BCUT2D eigenvalue weighted by molar-refractivity contribution is -0.143. The number of carbonyl (C=O) groups excluding carboxylic acids is 1. The lowest BCUT2D eigenvalue weighted by Crippen LogP contribution is -2.47. The van der Waals surface area contributed by atoms with Crippen molar-refractivity contribution in [1.29, 1.82) is 0 Å². The van der Waals surface area contributed by atoms with Crippen LogP contribution in [0.15, 0.2) is 12.2 Å². The maximum Gasteiger partial charge on any atom is 0.228 e. The first-order valence-corrected chi connectivity index (χ1v) is 11.3. The van der Waals surface area contributed by atoms with E-state index in [2.05, 4.69) is 35.3 Å². The monoisotopic (exact) mass is 373 g/mol. The van der Waals surface area contributed by atoms with E-state index in [-0.39, 0.29) is 10.8 Å². The summed E-state index contributed by atoms with van der Waals surface area (Å²) in [5.41, 5.74) is 1.57. The highest BCUT2D eigenvalue weighted by Crippen LogP contribution is 2.64. The van der Waals surface area contributed by atoms with Crippen LogP contribution in [-0.4, -0.2) is 73.5 Å². The third-order valence-corrected chi connectivity index (χ3v) is 8.55. The van der Waals surface area contributed by atoms with Crippen LogP contribution in [0.25, 0.3) is 0 Å². The van der Waals surface area contributed by atoms with Crippen molar-refractivity contribution in [3.63, 3.8) is 0 Å². The quantitative estimate of drug-likeness (QED) is 0.691. The average Bonchev–Trinajstić information content (AvgIpc) is 3.27. The van der Waals surface area contributed by atoms with Crippen LogP contribution in [0.3, 0.4) is 0 Å². The van der Waals surface area contributed by atoms with E-state index < -0.39 is 0 Å². The second kappa shape index (κ2) is 7.51. The van der Waals surface area contributed by atoms with E-state index >= 15 is 0 Å². The van der Waals surface area contributed by atoms with E-state index in [1.165, 1.54) is 70.4 Å². The van der Waals surface area contributed by atoms with E-state index in [0.29, 0.717) is 5.91 Å². The summed E-state index contributed by atoms with van der Waals surface area (Å²) in [4.78, 5) is 20.7. The second-order valence-corrected chi connectivity index (χ2v) is 10.2. The van der Waals surface area contributed by atoms with Gasteiger partial charge in [0.25, 0.3) is 0 Å². The van der Waals surface area contributed by atoms with Gasteiger partial charge in [-0.2, -0.15) is 0 Å². The van der Waals surface area contributed by atoms with Crippen molar-refractivity contribution in [3.8, 4) is 0 Å². The van der Waals surface area contributed by atoms with Crippen LogP contribution in [0.4, 0.5) is 0 Å². The van der Waals surface area contributed by atoms with Gasteiger partial charge in [0, 0.05) is 39.3 Å². The number of fused-ring (bicyclic) bond motifs is 2. The number of nitrogens with zero attached hydrogens (tertiary/aromatic N) is 3. The highest BCUT2D eigenvalue weighted by Gasteiger charge is 2.59. The smallest absolute Gasteiger partial charge is 0.228 e. The number of allylic oxidation sites excluding steroid dienone is 1. The Hall–Kier alpha value is -0.870. The number of carbonyl (C=O) groups is 1. The fraction of sp³-hybridized carbons (Fsp3) is 0.870. The molecule has 27 heavy (non-hydrogen) atoms. The number of amides is 1. The molecular weight excluding hydrogens is 334 g/mol. The lowest BCUT2D eigenvalue weighted by Gasteiger charge is -2.38. The molecule has 2 bridgehead atoms. The minimum atomic E-state index is -0.0361. The SMILES string of the molecule is C=C(C)C12CCC(C(=O)N3CCC(CCN4CCN(C)CC4)CC3)(CC1)C2. The second-order valence-electron chi connectivity index (χ2n) is 10.2. The van der Waals surface area contributed by atoms with Gasteiger partial charge in [0.05, 0.1) is 5.41 Å². The zero-order valence-electron chi connectivity index (χ0n) is 17.6. The largest absolute Gasteiger partial charge is 0.342 e. The Bertz CT molecular complexity index is 562. The van der Waals surface area contributed by atoms with E-state index in [4.69, 9.17) is 0 Å². The van der Waals surface area contributed by atoms with Crippen LogP contribution in [0.1, 0.15) is 58.3 Å². The van der Waals surface area contributed by atoms with Gasteiger partial charge in [0.2, 0.25) is 5.91 Å². The molecule has 152 valence electrons. The van der Waals surface area contributed by atoms with Gasteiger partial charge in [0.15, 0.2) is 0 Å². The van der Waals surface area contributed by atoms with Gasteiger partial charge < -0.3 is 14.7 Å². The van der Waals surface area contributed by atoms with Gasteiger partial charge in [-0.1, -0.05) is 12.2 Å². The molecule has 4 aliphatic rings. The predicted octanol–water partition coefficient (Wildman–Crippen LogP) is 3.39. The molecule has 0 unspecified atom stereocenters. The Morgan fingerprint density at radius 1 is 0.963 bits per heavy atom. The van der Waals surface area contributed by atoms with Crippen molar-refractivity contribution < 1.29 is 4.79 Å². The van der Waals surface area contributed by atoms with Gasteiger partial charge in [-0.05, 0) is 83.2 Å². The Labute approximate surface area is 165 Å². The lowest BCUT2D eigenvalue weighted by atomic mass is 9.78. The normalized spacial score (nSPS) is 35.7. The summed E-state index contributed by atoms with van der Waals surface area (Å²) in [5.74, 6) is 1.30. The summed E-state index contributed by atoms with van der Waals surface area (Å²) in [6.45, 7) is 14.5. The molecule has 2 saturated carbocycles. The number of likely N-dealkylation sites (tertiary alicyclic amines) is 1. The van der Waals surface area contributed by atoms with Crippen LogP contribution in [0, 0.1) is 16.7 Å². The molecular formula is C23H39N3O. The molecule has 0 aromatic rings. The van der Waals surface area contributed by atoms with Gasteiger partial charge in [-0.15, -0.1) is 0 Å². The summed E-state index contributed by atoms with van der Waals surface area (Å²) in [7, 11) is 2.22. The highest BCUT2D eigenvalue weighted by atomic mass is 16.2.